The van der Waals surface area contributed by atoms with Crippen molar-refractivity contribution >= 4 is 28.4 Å². The van der Waals surface area contributed by atoms with Crippen LogP contribution in [0.3, 0.4) is 0 Å². The highest BCUT2D eigenvalue weighted by Gasteiger charge is 2.14. The molecule has 0 saturated heterocycles. The Bertz CT molecular complexity index is 546. The fraction of sp³-hybridized carbons (Fsp3) is 0.133. The molecule has 0 amide bonds. The maximum Gasteiger partial charge on any atom is 0.194 e. The highest BCUT2D eigenvalue weighted by molar-refractivity contribution is 14.1. The monoisotopic (exact) mass is 336 g/mol. The first-order chi connectivity index (χ1) is 8.24. The molecule has 2 heteroatoms. The predicted molar refractivity (Wildman–Crippen MR) is 78.4 cm³/mol. The Hall–Kier alpha value is -1.16. The number of hydrogen-bond donors (Lipinski definition) is 0. The van der Waals surface area contributed by atoms with Crippen molar-refractivity contribution in [3.8, 4) is 0 Å². The molecule has 86 valence electrons. The van der Waals surface area contributed by atoms with Crippen LogP contribution in [-0.2, 0) is 6.42 Å². The quantitative estimate of drug-likeness (QED) is 0.610. The second-order valence-corrected chi connectivity index (χ2v) is 4.98. The molecule has 0 fully saturated rings. The van der Waals surface area contributed by atoms with Gasteiger partial charge in [0.15, 0.2) is 5.78 Å². The molecular formula is C15H13IO. The molecule has 0 saturated carbocycles. The highest BCUT2D eigenvalue weighted by Crippen LogP contribution is 2.19. The lowest BCUT2D eigenvalue weighted by Gasteiger charge is -2.07. The number of carbonyl (C=O) groups excluding carboxylic acids is 1. The van der Waals surface area contributed by atoms with E-state index in [1.165, 1.54) is 0 Å². The Labute approximate surface area is 115 Å². The molecule has 0 spiro atoms. The third-order valence-corrected chi connectivity index (χ3v) is 3.70. The molecule has 2 aromatic carbocycles. The Morgan fingerprint density at radius 2 is 1.59 bits per heavy atom. The van der Waals surface area contributed by atoms with Crippen molar-refractivity contribution in [2.75, 3.05) is 0 Å². The van der Waals surface area contributed by atoms with Gasteiger partial charge in [-0.15, -0.1) is 0 Å². The standard InChI is InChI=1S/C15H13IO/c1-2-11-7-3-4-8-12(11)15(17)13-9-5-6-10-14(13)16/h3-10H,2H2,1H3. The van der Waals surface area contributed by atoms with Gasteiger partial charge in [0.1, 0.15) is 0 Å². The Kier molecular flexibility index (Phi) is 3.94. The molecule has 0 aromatic heterocycles. The van der Waals surface area contributed by atoms with Gasteiger partial charge in [-0.05, 0) is 46.7 Å². The van der Waals surface area contributed by atoms with Crippen molar-refractivity contribution in [2.24, 2.45) is 0 Å². The van der Waals surface area contributed by atoms with Crippen molar-refractivity contribution in [2.45, 2.75) is 13.3 Å². The highest BCUT2D eigenvalue weighted by atomic mass is 127. The number of halogens is 1. The summed E-state index contributed by atoms with van der Waals surface area (Å²) >= 11 is 2.21. The van der Waals surface area contributed by atoms with E-state index in [9.17, 15) is 4.79 Å². The maximum absolute atomic E-state index is 12.4. The van der Waals surface area contributed by atoms with Crippen LogP contribution in [0.25, 0.3) is 0 Å². The van der Waals surface area contributed by atoms with Crippen LogP contribution in [0, 0.1) is 3.57 Å². The molecule has 0 aliphatic carbocycles. The van der Waals surface area contributed by atoms with E-state index in [1.807, 2.05) is 48.5 Å². The van der Waals surface area contributed by atoms with Gasteiger partial charge >= 0.3 is 0 Å². The van der Waals surface area contributed by atoms with Crippen molar-refractivity contribution in [1.29, 1.82) is 0 Å². The van der Waals surface area contributed by atoms with Crippen LogP contribution >= 0.6 is 22.6 Å². The maximum atomic E-state index is 12.4. The minimum atomic E-state index is 0.118. The molecule has 0 unspecified atom stereocenters. The average Bonchev–Trinajstić information content (AvgIpc) is 2.38. The number of rotatable bonds is 3. The molecule has 0 heterocycles. The number of benzene rings is 2. The zero-order chi connectivity index (χ0) is 12.3. The zero-order valence-electron chi connectivity index (χ0n) is 9.61. The van der Waals surface area contributed by atoms with Gasteiger partial charge in [-0.2, -0.15) is 0 Å². The van der Waals surface area contributed by atoms with Crippen LogP contribution in [0.15, 0.2) is 48.5 Å². The third-order valence-electron chi connectivity index (χ3n) is 2.76. The minimum Gasteiger partial charge on any atom is -0.289 e. The van der Waals surface area contributed by atoms with Crippen molar-refractivity contribution in [3.63, 3.8) is 0 Å². The van der Waals surface area contributed by atoms with Gasteiger partial charge in [-0.3, -0.25) is 4.79 Å². The molecule has 2 rings (SSSR count). The summed E-state index contributed by atoms with van der Waals surface area (Å²) in [6.45, 7) is 2.07. The molecule has 0 aliphatic rings. The average molecular weight is 336 g/mol. The lowest BCUT2D eigenvalue weighted by atomic mass is 9.97. The van der Waals surface area contributed by atoms with Crippen molar-refractivity contribution < 1.29 is 4.79 Å². The largest absolute Gasteiger partial charge is 0.289 e. The van der Waals surface area contributed by atoms with Crippen LogP contribution in [0.5, 0.6) is 0 Å². The molecule has 1 nitrogen and oxygen atoms in total. The number of aryl methyl sites for hydroxylation is 1. The zero-order valence-corrected chi connectivity index (χ0v) is 11.8. The molecule has 0 atom stereocenters. The van der Waals surface area contributed by atoms with Gasteiger partial charge in [0.2, 0.25) is 0 Å². The smallest absolute Gasteiger partial charge is 0.194 e. The second-order valence-electron chi connectivity index (χ2n) is 3.82. The van der Waals surface area contributed by atoms with Gasteiger partial charge in [0.05, 0.1) is 0 Å². The van der Waals surface area contributed by atoms with Gasteiger partial charge < -0.3 is 0 Å². The van der Waals surface area contributed by atoms with E-state index in [0.717, 1.165) is 26.7 Å². The summed E-state index contributed by atoms with van der Waals surface area (Å²) < 4.78 is 1.00. The number of ketones is 1. The SMILES string of the molecule is CCc1ccccc1C(=O)c1ccccc1I. The Balaban J connectivity index is 2.48. The lowest BCUT2D eigenvalue weighted by Crippen LogP contribution is -2.06. The van der Waals surface area contributed by atoms with E-state index >= 15 is 0 Å². The number of hydrogen-bond acceptors (Lipinski definition) is 1. The molecule has 2 aromatic rings. The molecule has 0 aliphatic heterocycles. The summed E-state index contributed by atoms with van der Waals surface area (Å²) in [5.41, 5.74) is 2.71. The molecule has 0 radical (unpaired) electrons. The van der Waals surface area contributed by atoms with E-state index in [2.05, 4.69) is 29.5 Å². The van der Waals surface area contributed by atoms with E-state index in [1.54, 1.807) is 0 Å². The van der Waals surface area contributed by atoms with Gasteiger partial charge in [0, 0.05) is 14.7 Å². The minimum absolute atomic E-state index is 0.118. The third kappa shape index (κ3) is 2.57. The summed E-state index contributed by atoms with van der Waals surface area (Å²) in [5, 5.41) is 0. The first-order valence-electron chi connectivity index (χ1n) is 5.61. The first-order valence-corrected chi connectivity index (χ1v) is 6.69. The molecule has 0 bridgehead atoms. The van der Waals surface area contributed by atoms with E-state index < -0.39 is 0 Å². The Morgan fingerprint density at radius 1 is 1.00 bits per heavy atom. The second kappa shape index (κ2) is 5.45. The van der Waals surface area contributed by atoms with E-state index in [4.69, 9.17) is 0 Å². The van der Waals surface area contributed by atoms with E-state index in [0.29, 0.717) is 0 Å². The number of carbonyl (C=O) groups is 1. The van der Waals surface area contributed by atoms with E-state index in [-0.39, 0.29) is 5.78 Å². The lowest BCUT2D eigenvalue weighted by molar-refractivity contribution is 0.103. The van der Waals surface area contributed by atoms with Crippen molar-refractivity contribution in [1.82, 2.24) is 0 Å². The van der Waals surface area contributed by atoms with Crippen molar-refractivity contribution in [3.05, 3.63) is 68.8 Å². The summed E-state index contributed by atoms with van der Waals surface area (Å²) in [6, 6.07) is 15.5. The molecule has 17 heavy (non-hydrogen) atoms. The topological polar surface area (TPSA) is 17.1 Å². The Morgan fingerprint density at radius 3 is 2.24 bits per heavy atom. The predicted octanol–water partition coefficient (Wildman–Crippen LogP) is 4.08. The summed E-state index contributed by atoms with van der Waals surface area (Å²) in [5.74, 6) is 0.118. The first kappa shape index (κ1) is 12.3. The summed E-state index contributed by atoms with van der Waals surface area (Å²) in [7, 11) is 0. The summed E-state index contributed by atoms with van der Waals surface area (Å²) in [4.78, 5) is 12.4. The van der Waals surface area contributed by atoms with Gasteiger partial charge in [-0.25, -0.2) is 0 Å². The van der Waals surface area contributed by atoms with Crippen LogP contribution in [0.2, 0.25) is 0 Å². The fourth-order valence-corrected chi connectivity index (χ4v) is 2.47. The molecule has 0 N–H and O–H groups in total. The van der Waals surface area contributed by atoms with Crippen LogP contribution in [0.1, 0.15) is 28.4 Å². The summed E-state index contributed by atoms with van der Waals surface area (Å²) in [6.07, 6.45) is 0.880. The van der Waals surface area contributed by atoms with Gasteiger partial charge in [-0.1, -0.05) is 43.3 Å². The molecular weight excluding hydrogens is 323 g/mol. The van der Waals surface area contributed by atoms with Gasteiger partial charge in [0.25, 0.3) is 0 Å². The van der Waals surface area contributed by atoms with Crippen LogP contribution < -0.4 is 0 Å². The van der Waals surface area contributed by atoms with Crippen LogP contribution in [0.4, 0.5) is 0 Å². The normalized spacial score (nSPS) is 10.2. The fourth-order valence-electron chi connectivity index (χ4n) is 1.84. The van der Waals surface area contributed by atoms with Crippen LogP contribution in [-0.4, -0.2) is 5.78 Å².